The minimum absolute atomic E-state index is 0.0424. The van der Waals surface area contributed by atoms with Gasteiger partial charge in [0.2, 0.25) is 5.91 Å². The van der Waals surface area contributed by atoms with Gasteiger partial charge in [-0.2, -0.15) is 0 Å². The monoisotopic (exact) mass is 278 g/mol. The lowest BCUT2D eigenvalue weighted by Gasteiger charge is -2.24. The first-order valence-corrected chi connectivity index (χ1v) is 7.23. The third-order valence-electron chi connectivity index (χ3n) is 3.16. The number of carbonyl (C=O) groups is 1. The summed E-state index contributed by atoms with van der Waals surface area (Å²) in [5.74, 6) is 0.927. The van der Waals surface area contributed by atoms with Crippen molar-refractivity contribution < 1.29 is 9.53 Å². The lowest BCUT2D eigenvalue weighted by Crippen LogP contribution is -2.46. The average Bonchev–Trinajstić information content (AvgIpc) is 2.43. The van der Waals surface area contributed by atoms with E-state index in [1.807, 2.05) is 44.2 Å². The molecule has 0 fully saturated rings. The molecule has 4 nitrogen and oxygen atoms in total. The van der Waals surface area contributed by atoms with Gasteiger partial charge in [-0.1, -0.05) is 25.1 Å². The molecule has 2 N–H and O–H groups in total. The predicted octanol–water partition coefficient (Wildman–Crippen LogP) is 2.35. The summed E-state index contributed by atoms with van der Waals surface area (Å²) in [5, 5.41) is 6.12. The van der Waals surface area contributed by atoms with E-state index in [2.05, 4.69) is 17.6 Å². The molecule has 0 atom stereocenters. The maximum atomic E-state index is 11.7. The molecule has 0 saturated carbocycles. The number of nitrogens with one attached hydrogen (secondary N) is 2. The summed E-state index contributed by atoms with van der Waals surface area (Å²) in [5.41, 5.74) is -0.130. The van der Waals surface area contributed by atoms with Gasteiger partial charge in [0.15, 0.2) is 0 Å². The third kappa shape index (κ3) is 7.14. The highest BCUT2D eigenvalue weighted by Gasteiger charge is 2.16. The standard InChI is InChI=1S/C16H26N2O2/c1-4-16(2,3)18-15(19)13-17-11-8-12-20-14-9-6-5-7-10-14/h5-7,9-10,17H,4,8,11-13H2,1-3H3,(H,18,19). The van der Waals surface area contributed by atoms with Crippen molar-refractivity contribution >= 4 is 5.91 Å². The second-order valence-corrected chi connectivity index (χ2v) is 5.48. The predicted molar refractivity (Wildman–Crippen MR) is 81.9 cm³/mol. The minimum atomic E-state index is -0.130. The molecule has 0 spiro atoms. The van der Waals surface area contributed by atoms with Crippen molar-refractivity contribution in [3.05, 3.63) is 30.3 Å². The molecule has 1 rings (SSSR count). The molecule has 0 aliphatic heterocycles. The Balaban J connectivity index is 2.03. The Kier molecular flexibility index (Phi) is 7.09. The van der Waals surface area contributed by atoms with Crippen molar-refractivity contribution in [2.24, 2.45) is 0 Å². The van der Waals surface area contributed by atoms with Crippen molar-refractivity contribution in [1.29, 1.82) is 0 Å². The van der Waals surface area contributed by atoms with Gasteiger partial charge in [-0.25, -0.2) is 0 Å². The van der Waals surface area contributed by atoms with Crippen molar-refractivity contribution in [3.63, 3.8) is 0 Å². The third-order valence-corrected chi connectivity index (χ3v) is 3.16. The first-order valence-electron chi connectivity index (χ1n) is 7.23. The molecule has 1 amide bonds. The first-order chi connectivity index (χ1) is 9.53. The smallest absolute Gasteiger partial charge is 0.234 e. The quantitative estimate of drug-likeness (QED) is 0.682. The lowest BCUT2D eigenvalue weighted by atomic mass is 10.0. The van der Waals surface area contributed by atoms with Gasteiger partial charge in [-0.05, 0) is 45.4 Å². The van der Waals surface area contributed by atoms with E-state index in [1.165, 1.54) is 0 Å². The Labute approximate surface area is 121 Å². The molecule has 0 unspecified atom stereocenters. The van der Waals surface area contributed by atoms with Gasteiger partial charge in [-0.3, -0.25) is 4.79 Å². The molecule has 0 heterocycles. The zero-order chi connectivity index (χ0) is 14.8. The zero-order valence-electron chi connectivity index (χ0n) is 12.7. The van der Waals surface area contributed by atoms with Gasteiger partial charge >= 0.3 is 0 Å². The van der Waals surface area contributed by atoms with Crippen molar-refractivity contribution in [2.75, 3.05) is 19.7 Å². The molecule has 4 heteroatoms. The molecular weight excluding hydrogens is 252 g/mol. The molecule has 0 bridgehead atoms. The fourth-order valence-electron chi connectivity index (χ4n) is 1.62. The highest BCUT2D eigenvalue weighted by atomic mass is 16.5. The average molecular weight is 278 g/mol. The van der Waals surface area contributed by atoms with E-state index in [1.54, 1.807) is 0 Å². The second-order valence-electron chi connectivity index (χ2n) is 5.48. The molecule has 1 aromatic carbocycles. The topological polar surface area (TPSA) is 50.4 Å². The number of rotatable bonds is 9. The number of ether oxygens (including phenoxy) is 1. The van der Waals surface area contributed by atoms with Crippen LogP contribution in [0.25, 0.3) is 0 Å². The van der Waals surface area contributed by atoms with Crippen LogP contribution in [0.1, 0.15) is 33.6 Å². The van der Waals surface area contributed by atoms with Crippen molar-refractivity contribution in [1.82, 2.24) is 10.6 Å². The van der Waals surface area contributed by atoms with Crippen LogP contribution in [0.4, 0.5) is 0 Å². The molecule has 0 aliphatic carbocycles. The molecule has 0 aliphatic rings. The summed E-state index contributed by atoms with van der Waals surface area (Å²) in [6.07, 6.45) is 1.79. The van der Waals surface area contributed by atoms with E-state index < -0.39 is 0 Å². The summed E-state index contributed by atoms with van der Waals surface area (Å²) >= 11 is 0. The summed E-state index contributed by atoms with van der Waals surface area (Å²) < 4.78 is 5.57. The Bertz CT molecular complexity index is 391. The Morgan fingerprint density at radius 2 is 1.95 bits per heavy atom. The number of hydrogen-bond acceptors (Lipinski definition) is 3. The molecule has 0 radical (unpaired) electrons. The highest BCUT2D eigenvalue weighted by molar-refractivity contribution is 5.78. The van der Waals surface area contributed by atoms with Crippen LogP contribution in [-0.2, 0) is 4.79 Å². The van der Waals surface area contributed by atoms with Crippen LogP contribution >= 0.6 is 0 Å². The largest absolute Gasteiger partial charge is 0.494 e. The normalized spacial score (nSPS) is 11.2. The van der Waals surface area contributed by atoms with E-state index in [-0.39, 0.29) is 11.4 Å². The van der Waals surface area contributed by atoms with Crippen LogP contribution in [0.2, 0.25) is 0 Å². The van der Waals surface area contributed by atoms with Gasteiger partial charge in [0.1, 0.15) is 5.75 Å². The van der Waals surface area contributed by atoms with Crippen LogP contribution in [0, 0.1) is 0 Å². The van der Waals surface area contributed by atoms with Gasteiger partial charge in [0, 0.05) is 5.54 Å². The molecule has 112 valence electrons. The molecule has 0 aromatic heterocycles. The fraction of sp³-hybridized carbons (Fsp3) is 0.562. The maximum absolute atomic E-state index is 11.7. The fourth-order valence-corrected chi connectivity index (χ4v) is 1.62. The number of para-hydroxylation sites is 1. The summed E-state index contributed by atoms with van der Waals surface area (Å²) in [6.45, 7) is 7.90. The first kappa shape index (κ1) is 16.5. The van der Waals surface area contributed by atoms with Crippen LogP contribution in [-0.4, -0.2) is 31.1 Å². The molecule has 20 heavy (non-hydrogen) atoms. The van der Waals surface area contributed by atoms with Gasteiger partial charge in [0.25, 0.3) is 0 Å². The van der Waals surface area contributed by atoms with Crippen molar-refractivity contribution in [2.45, 2.75) is 39.2 Å². The number of amides is 1. The van der Waals surface area contributed by atoms with Crippen LogP contribution in [0.15, 0.2) is 30.3 Å². The van der Waals surface area contributed by atoms with Crippen LogP contribution in [0.3, 0.4) is 0 Å². The Morgan fingerprint density at radius 1 is 1.25 bits per heavy atom. The summed E-state index contributed by atoms with van der Waals surface area (Å²) in [7, 11) is 0. The zero-order valence-corrected chi connectivity index (χ0v) is 12.7. The number of benzene rings is 1. The van der Waals surface area contributed by atoms with Crippen LogP contribution in [0.5, 0.6) is 5.75 Å². The Morgan fingerprint density at radius 3 is 2.60 bits per heavy atom. The minimum Gasteiger partial charge on any atom is -0.494 e. The number of hydrogen-bond donors (Lipinski definition) is 2. The van der Waals surface area contributed by atoms with Gasteiger partial charge in [0.05, 0.1) is 13.2 Å². The molecular formula is C16H26N2O2. The summed E-state index contributed by atoms with van der Waals surface area (Å²) in [4.78, 5) is 11.7. The highest BCUT2D eigenvalue weighted by Crippen LogP contribution is 2.08. The maximum Gasteiger partial charge on any atom is 0.234 e. The van der Waals surface area contributed by atoms with E-state index in [0.717, 1.165) is 25.1 Å². The van der Waals surface area contributed by atoms with E-state index in [9.17, 15) is 4.79 Å². The lowest BCUT2D eigenvalue weighted by molar-refractivity contribution is -0.121. The van der Waals surface area contributed by atoms with E-state index >= 15 is 0 Å². The van der Waals surface area contributed by atoms with Crippen LogP contribution < -0.4 is 15.4 Å². The van der Waals surface area contributed by atoms with Gasteiger partial charge in [-0.15, -0.1) is 0 Å². The van der Waals surface area contributed by atoms with Gasteiger partial charge < -0.3 is 15.4 Å². The Hall–Kier alpha value is -1.55. The van der Waals surface area contributed by atoms with E-state index in [4.69, 9.17) is 4.74 Å². The van der Waals surface area contributed by atoms with Crippen molar-refractivity contribution in [3.8, 4) is 5.75 Å². The molecule has 0 saturated heterocycles. The SMILES string of the molecule is CCC(C)(C)NC(=O)CNCCCOc1ccccc1. The second kappa shape index (κ2) is 8.59. The molecule has 1 aromatic rings. The van der Waals surface area contributed by atoms with E-state index in [0.29, 0.717) is 13.2 Å². The number of carbonyl (C=O) groups excluding carboxylic acids is 1. The summed E-state index contributed by atoms with van der Waals surface area (Å²) in [6, 6.07) is 9.74.